The highest BCUT2D eigenvalue weighted by atomic mass is 19.1. The Morgan fingerprint density at radius 1 is 1.23 bits per heavy atom. The molecule has 26 heavy (non-hydrogen) atoms. The number of para-hydroxylation sites is 2. The van der Waals surface area contributed by atoms with Crippen molar-refractivity contribution in [3.8, 4) is 0 Å². The van der Waals surface area contributed by atoms with Crippen LogP contribution in [0.4, 0.5) is 15.8 Å². The molecule has 1 heterocycles. The molecule has 2 aromatic carbocycles. The van der Waals surface area contributed by atoms with Crippen molar-refractivity contribution in [3.63, 3.8) is 0 Å². The Bertz CT molecular complexity index is 868. The lowest BCUT2D eigenvalue weighted by Crippen LogP contribution is -2.41. The van der Waals surface area contributed by atoms with Crippen LogP contribution in [0, 0.1) is 5.82 Å². The molecule has 1 unspecified atom stereocenters. The number of ether oxygens (including phenoxy) is 1. The molecule has 0 fully saturated rings. The van der Waals surface area contributed by atoms with Crippen molar-refractivity contribution in [3.05, 3.63) is 59.9 Å². The van der Waals surface area contributed by atoms with E-state index in [1.54, 1.807) is 31.2 Å². The van der Waals surface area contributed by atoms with E-state index in [9.17, 15) is 18.8 Å². The lowest BCUT2D eigenvalue weighted by atomic mass is 10.1. The molecular formula is C19H17FN2O4. The van der Waals surface area contributed by atoms with Crippen molar-refractivity contribution >= 4 is 29.2 Å². The van der Waals surface area contributed by atoms with Crippen LogP contribution >= 0.6 is 0 Å². The summed E-state index contributed by atoms with van der Waals surface area (Å²) in [6.45, 7) is 1.23. The molecule has 0 radical (unpaired) electrons. The number of fused-ring (bicyclic) bond motifs is 1. The number of amides is 2. The van der Waals surface area contributed by atoms with E-state index in [2.05, 4.69) is 5.32 Å². The second kappa shape index (κ2) is 7.35. The Morgan fingerprint density at radius 3 is 2.77 bits per heavy atom. The van der Waals surface area contributed by atoms with Gasteiger partial charge in [-0.25, -0.2) is 9.18 Å². The van der Waals surface area contributed by atoms with Crippen LogP contribution in [0.1, 0.15) is 23.7 Å². The fraction of sp³-hybridized carbons (Fsp3) is 0.211. The zero-order chi connectivity index (χ0) is 18.7. The van der Waals surface area contributed by atoms with Gasteiger partial charge >= 0.3 is 5.97 Å². The standard InChI is InChI=1S/C19H17FN2O4/c1-12-9-17(23)21-15-7-2-3-8-16(15)22(12)18(24)11-26-19(25)13-5-4-6-14(20)10-13/h2-8,10,12H,9,11H2,1H3,(H,21,23). The number of esters is 1. The first-order valence-electron chi connectivity index (χ1n) is 8.09. The Labute approximate surface area is 149 Å². The molecule has 2 amide bonds. The summed E-state index contributed by atoms with van der Waals surface area (Å²) in [5.74, 6) is -2.02. The molecule has 0 spiro atoms. The molecule has 0 saturated heterocycles. The number of carbonyl (C=O) groups excluding carboxylic acids is 3. The molecule has 6 nitrogen and oxygen atoms in total. The summed E-state index contributed by atoms with van der Waals surface area (Å²) in [6, 6.07) is 11.6. The normalized spacial score (nSPS) is 16.3. The Morgan fingerprint density at radius 2 is 2.00 bits per heavy atom. The van der Waals surface area contributed by atoms with Crippen LogP contribution in [0.5, 0.6) is 0 Å². The zero-order valence-electron chi connectivity index (χ0n) is 14.1. The van der Waals surface area contributed by atoms with Gasteiger partial charge in [-0.05, 0) is 37.3 Å². The van der Waals surface area contributed by atoms with Crippen LogP contribution in [0.3, 0.4) is 0 Å². The third kappa shape index (κ3) is 3.72. The Hall–Kier alpha value is -3.22. The van der Waals surface area contributed by atoms with Gasteiger partial charge in [0.25, 0.3) is 5.91 Å². The van der Waals surface area contributed by atoms with Crippen LogP contribution in [-0.4, -0.2) is 30.4 Å². The van der Waals surface area contributed by atoms with Crippen LogP contribution < -0.4 is 10.2 Å². The van der Waals surface area contributed by atoms with E-state index in [0.29, 0.717) is 11.4 Å². The van der Waals surface area contributed by atoms with E-state index < -0.39 is 30.3 Å². The lowest BCUT2D eigenvalue weighted by Gasteiger charge is -2.27. The van der Waals surface area contributed by atoms with Crippen LogP contribution in [0.2, 0.25) is 0 Å². The molecule has 7 heteroatoms. The molecule has 1 aliphatic rings. The van der Waals surface area contributed by atoms with Crippen LogP contribution in [-0.2, 0) is 14.3 Å². The monoisotopic (exact) mass is 356 g/mol. The van der Waals surface area contributed by atoms with Gasteiger partial charge in [-0.1, -0.05) is 18.2 Å². The van der Waals surface area contributed by atoms with Gasteiger partial charge in [0.05, 0.1) is 16.9 Å². The zero-order valence-corrected chi connectivity index (χ0v) is 14.1. The summed E-state index contributed by atoms with van der Waals surface area (Å²) >= 11 is 0. The third-order valence-electron chi connectivity index (χ3n) is 4.02. The van der Waals surface area contributed by atoms with Gasteiger partial charge in [0.2, 0.25) is 5.91 Å². The maximum Gasteiger partial charge on any atom is 0.338 e. The summed E-state index contributed by atoms with van der Waals surface area (Å²) in [6.07, 6.45) is 0.123. The van der Waals surface area contributed by atoms with E-state index in [1.807, 2.05) is 0 Å². The highest BCUT2D eigenvalue weighted by Crippen LogP contribution is 2.31. The number of hydrogen-bond donors (Lipinski definition) is 1. The van der Waals surface area contributed by atoms with E-state index in [4.69, 9.17) is 4.74 Å². The minimum Gasteiger partial charge on any atom is -0.452 e. The van der Waals surface area contributed by atoms with Gasteiger partial charge < -0.3 is 15.0 Å². The molecule has 0 saturated carbocycles. The van der Waals surface area contributed by atoms with Gasteiger partial charge in [0, 0.05) is 12.5 Å². The topological polar surface area (TPSA) is 75.7 Å². The van der Waals surface area contributed by atoms with Crippen molar-refractivity contribution in [1.82, 2.24) is 0 Å². The van der Waals surface area contributed by atoms with E-state index in [1.165, 1.54) is 23.1 Å². The SMILES string of the molecule is CC1CC(=O)Nc2ccccc2N1C(=O)COC(=O)c1cccc(F)c1. The molecule has 3 rings (SSSR count). The first kappa shape index (κ1) is 17.6. The van der Waals surface area contributed by atoms with E-state index >= 15 is 0 Å². The second-order valence-electron chi connectivity index (χ2n) is 5.97. The fourth-order valence-corrected chi connectivity index (χ4v) is 2.86. The van der Waals surface area contributed by atoms with E-state index in [0.717, 1.165) is 6.07 Å². The summed E-state index contributed by atoms with van der Waals surface area (Å²) < 4.78 is 18.2. The summed E-state index contributed by atoms with van der Waals surface area (Å²) in [5, 5.41) is 2.75. The van der Waals surface area contributed by atoms with Gasteiger partial charge in [-0.15, -0.1) is 0 Å². The highest BCUT2D eigenvalue weighted by Gasteiger charge is 2.30. The number of halogens is 1. The number of nitrogens with zero attached hydrogens (tertiary/aromatic N) is 1. The predicted octanol–water partition coefficient (Wildman–Crippen LogP) is 2.75. The average molecular weight is 356 g/mol. The number of anilines is 2. The number of benzene rings is 2. The lowest BCUT2D eigenvalue weighted by molar-refractivity contribution is -0.122. The largest absolute Gasteiger partial charge is 0.452 e. The first-order chi connectivity index (χ1) is 12.5. The molecule has 1 aliphatic heterocycles. The Balaban J connectivity index is 1.76. The molecule has 1 atom stereocenters. The summed E-state index contributed by atoms with van der Waals surface area (Å²) in [5.41, 5.74) is 1.09. The van der Waals surface area contributed by atoms with Gasteiger partial charge in [-0.2, -0.15) is 0 Å². The number of rotatable bonds is 3. The van der Waals surface area contributed by atoms with Gasteiger partial charge in [0.15, 0.2) is 6.61 Å². The van der Waals surface area contributed by atoms with Crippen molar-refractivity contribution in [2.24, 2.45) is 0 Å². The molecule has 134 valence electrons. The van der Waals surface area contributed by atoms with Crippen LogP contribution in [0.25, 0.3) is 0 Å². The quantitative estimate of drug-likeness (QED) is 0.858. The minimum absolute atomic E-state index is 0.0268. The maximum absolute atomic E-state index is 13.2. The molecule has 1 N–H and O–H groups in total. The second-order valence-corrected chi connectivity index (χ2v) is 5.97. The van der Waals surface area contributed by atoms with Gasteiger partial charge in [0.1, 0.15) is 5.82 Å². The smallest absolute Gasteiger partial charge is 0.338 e. The Kier molecular flexibility index (Phi) is 4.97. The first-order valence-corrected chi connectivity index (χ1v) is 8.09. The number of carbonyl (C=O) groups is 3. The predicted molar refractivity (Wildman–Crippen MR) is 93.3 cm³/mol. The van der Waals surface area contributed by atoms with Gasteiger partial charge in [-0.3, -0.25) is 9.59 Å². The summed E-state index contributed by atoms with van der Waals surface area (Å²) in [4.78, 5) is 38.0. The molecule has 0 aliphatic carbocycles. The fourth-order valence-electron chi connectivity index (χ4n) is 2.86. The number of nitrogens with one attached hydrogen (secondary N) is 1. The van der Waals surface area contributed by atoms with Crippen molar-refractivity contribution in [2.45, 2.75) is 19.4 Å². The van der Waals surface area contributed by atoms with Crippen molar-refractivity contribution in [1.29, 1.82) is 0 Å². The van der Waals surface area contributed by atoms with E-state index in [-0.39, 0.29) is 17.9 Å². The summed E-state index contributed by atoms with van der Waals surface area (Å²) in [7, 11) is 0. The highest BCUT2D eigenvalue weighted by molar-refractivity contribution is 6.05. The molecule has 0 aromatic heterocycles. The van der Waals surface area contributed by atoms with Crippen molar-refractivity contribution in [2.75, 3.05) is 16.8 Å². The average Bonchev–Trinajstić information content (AvgIpc) is 2.73. The third-order valence-corrected chi connectivity index (χ3v) is 4.02. The van der Waals surface area contributed by atoms with Crippen LogP contribution in [0.15, 0.2) is 48.5 Å². The van der Waals surface area contributed by atoms with Crippen molar-refractivity contribution < 1.29 is 23.5 Å². The maximum atomic E-state index is 13.2. The molecular weight excluding hydrogens is 339 g/mol. The minimum atomic E-state index is -0.789. The molecule has 0 bridgehead atoms. The molecule has 2 aromatic rings. The number of hydrogen-bond acceptors (Lipinski definition) is 4.